The van der Waals surface area contributed by atoms with Gasteiger partial charge >= 0.3 is 0 Å². The smallest absolute Gasteiger partial charge is 0.234 e. The quantitative estimate of drug-likeness (QED) is 0.686. The first-order valence-corrected chi connectivity index (χ1v) is 7.71. The molecular formula is C18H18O3. The standard InChI is InChI=1S/C18H18O3/c1-9-4-3-5-12-11(9)6-7-13-15(12)17(20)16(19)14-10(2)8-21-18(13)14/h6-7,9-10H,3-5,8H2,1-2H3. The molecule has 21 heavy (non-hydrogen) atoms. The van der Waals surface area contributed by atoms with Gasteiger partial charge in [-0.1, -0.05) is 26.0 Å². The molecule has 0 bridgehead atoms. The summed E-state index contributed by atoms with van der Waals surface area (Å²) in [7, 11) is 0. The first-order valence-electron chi connectivity index (χ1n) is 7.71. The lowest BCUT2D eigenvalue weighted by molar-refractivity contribution is -0.112. The highest BCUT2D eigenvalue weighted by Gasteiger charge is 2.42. The van der Waals surface area contributed by atoms with Crippen LogP contribution in [0.15, 0.2) is 17.7 Å². The van der Waals surface area contributed by atoms with Crippen LogP contribution in [0.3, 0.4) is 0 Å². The number of benzene rings is 1. The molecule has 0 N–H and O–H groups in total. The van der Waals surface area contributed by atoms with Crippen LogP contribution in [0.2, 0.25) is 0 Å². The molecule has 0 saturated carbocycles. The third-order valence-corrected chi connectivity index (χ3v) is 5.08. The van der Waals surface area contributed by atoms with Crippen LogP contribution in [0, 0.1) is 5.92 Å². The molecule has 0 aromatic heterocycles. The summed E-state index contributed by atoms with van der Waals surface area (Å²) < 4.78 is 5.74. The van der Waals surface area contributed by atoms with E-state index in [1.165, 1.54) is 5.56 Å². The van der Waals surface area contributed by atoms with E-state index in [0.717, 1.165) is 30.4 Å². The van der Waals surface area contributed by atoms with E-state index in [1.807, 2.05) is 13.0 Å². The molecular weight excluding hydrogens is 264 g/mol. The molecule has 4 rings (SSSR count). The van der Waals surface area contributed by atoms with Gasteiger partial charge in [0, 0.05) is 17.0 Å². The van der Waals surface area contributed by atoms with E-state index >= 15 is 0 Å². The number of carbonyl (C=O) groups excluding carboxylic acids is 2. The van der Waals surface area contributed by atoms with Gasteiger partial charge in [0.05, 0.1) is 12.2 Å². The summed E-state index contributed by atoms with van der Waals surface area (Å²) in [6, 6.07) is 4.10. The molecule has 2 atom stereocenters. The van der Waals surface area contributed by atoms with Crippen molar-refractivity contribution in [1.29, 1.82) is 0 Å². The molecule has 3 aliphatic rings. The monoisotopic (exact) mass is 282 g/mol. The largest absolute Gasteiger partial charge is 0.492 e. The Morgan fingerprint density at radius 3 is 2.71 bits per heavy atom. The Labute approximate surface area is 124 Å². The number of hydrogen-bond acceptors (Lipinski definition) is 3. The van der Waals surface area contributed by atoms with E-state index in [1.54, 1.807) is 0 Å². The Hall–Kier alpha value is -1.90. The zero-order valence-corrected chi connectivity index (χ0v) is 12.4. The maximum absolute atomic E-state index is 12.6. The molecule has 0 fully saturated rings. The molecule has 1 aromatic carbocycles. The van der Waals surface area contributed by atoms with Gasteiger partial charge in [-0.15, -0.1) is 0 Å². The van der Waals surface area contributed by atoms with Crippen LogP contribution >= 0.6 is 0 Å². The van der Waals surface area contributed by atoms with E-state index < -0.39 is 0 Å². The molecule has 1 aliphatic heterocycles. The summed E-state index contributed by atoms with van der Waals surface area (Å²) >= 11 is 0. The van der Waals surface area contributed by atoms with Crippen molar-refractivity contribution in [2.75, 3.05) is 6.61 Å². The summed E-state index contributed by atoms with van der Waals surface area (Å²) in [5.41, 5.74) is 4.36. The second kappa shape index (κ2) is 4.30. The normalized spacial score (nSPS) is 27.1. The highest BCUT2D eigenvalue weighted by molar-refractivity contribution is 6.52. The zero-order valence-electron chi connectivity index (χ0n) is 12.4. The molecule has 0 saturated heterocycles. The predicted octanol–water partition coefficient (Wildman–Crippen LogP) is 3.27. The lowest BCUT2D eigenvalue weighted by Crippen LogP contribution is -2.27. The van der Waals surface area contributed by atoms with Crippen molar-refractivity contribution in [3.63, 3.8) is 0 Å². The van der Waals surface area contributed by atoms with Gasteiger partial charge in [-0.2, -0.15) is 0 Å². The summed E-state index contributed by atoms with van der Waals surface area (Å²) in [5, 5.41) is 0. The van der Waals surface area contributed by atoms with Crippen molar-refractivity contribution >= 4 is 17.3 Å². The number of hydrogen-bond donors (Lipinski definition) is 0. The van der Waals surface area contributed by atoms with Crippen LogP contribution in [-0.2, 0) is 16.0 Å². The molecule has 3 nitrogen and oxygen atoms in total. The highest BCUT2D eigenvalue weighted by atomic mass is 16.5. The Bertz CT molecular complexity index is 711. The number of ether oxygens (including phenoxy) is 1. The Balaban J connectivity index is 2.01. The van der Waals surface area contributed by atoms with Crippen LogP contribution in [0.25, 0.3) is 5.76 Å². The number of carbonyl (C=O) groups is 2. The van der Waals surface area contributed by atoms with Crippen molar-refractivity contribution in [3.05, 3.63) is 40.0 Å². The molecule has 0 amide bonds. The van der Waals surface area contributed by atoms with E-state index in [2.05, 4.69) is 13.0 Å². The topological polar surface area (TPSA) is 43.4 Å². The SMILES string of the molecule is CC1COC2=C1C(=O)C(=O)c1c2ccc2c1CCCC2C. The van der Waals surface area contributed by atoms with Crippen LogP contribution in [0.1, 0.15) is 59.7 Å². The van der Waals surface area contributed by atoms with Gasteiger partial charge in [-0.25, -0.2) is 0 Å². The minimum atomic E-state index is -0.353. The van der Waals surface area contributed by atoms with E-state index in [9.17, 15) is 9.59 Å². The zero-order chi connectivity index (χ0) is 14.7. The Morgan fingerprint density at radius 2 is 1.90 bits per heavy atom. The minimum Gasteiger partial charge on any atom is -0.492 e. The fourth-order valence-corrected chi connectivity index (χ4v) is 3.96. The van der Waals surface area contributed by atoms with Gasteiger partial charge in [-0.3, -0.25) is 9.59 Å². The average molecular weight is 282 g/mol. The maximum atomic E-state index is 12.6. The summed E-state index contributed by atoms with van der Waals surface area (Å²) in [4.78, 5) is 25.1. The minimum absolute atomic E-state index is 0.0135. The van der Waals surface area contributed by atoms with Gasteiger partial charge < -0.3 is 4.74 Å². The second-order valence-electron chi connectivity index (χ2n) is 6.46. The van der Waals surface area contributed by atoms with E-state index in [-0.39, 0.29) is 17.5 Å². The third-order valence-electron chi connectivity index (χ3n) is 5.08. The fourth-order valence-electron chi connectivity index (χ4n) is 3.96. The molecule has 0 spiro atoms. The Kier molecular flexibility index (Phi) is 2.62. The highest BCUT2D eigenvalue weighted by Crippen LogP contribution is 2.43. The molecule has 108 valence electrons. The number of rotatable bonds is 0. The van der Waals surface area contributed by atoms with Gasteiger partial charge in [0.1, 0.15) is 5.76 Å². The van der Waals surface area contributed by atoms with Crippen molar-refractivity contribution in [1.82, 2.24) is 0 Å². The second-order valence-corrected chi connectivity index (χ2v) is 6.46. The fraction of sp³-hybridized carbons (Fsp3) is 0.444. The van der Waals surface area contributed by atoms with Gasteiger partial charge in [-0.05, 0) is 36.3 Å². The van der Waals surface area contributed by atoms with Crippen molar-refractivity contribution in [2.45, 2.75) is 39.0 Å². The van der Waals surface area contributed by atoms with E-state index in [4.69, 9.17) is 4.74 Å². The number of fused-ring (bicyclic) bond motifs is 4. The third kappa shape index (κ3) is 1.60. The molecule has 0 radical (unpaired) electrons. The van der Waals surface area contributed by atoms with Gasteiger partial charge in [0.25, 0.3) is 0 Å². The summed E-state index contributed by atoms with van der Waals surface area (Å²) in [5.74, 6) is 0.449. The number of ketones is 2. The Morgan fingerprint density at radius 1 is 1.10 bits per heavy atom. The lowest BCUT2D eigenvalue weighted by Gasteiger charge is -2.27. The van der Waals surface area contributed by atoms with Crippen LogP contribution < -0.4 is 0 Å². The van der Waals surface area contributed by atoms with Crippen molar-refractivity contribution < 1.29 is 14.3 Å². The van der Waals surface area contributed by atoms with Crippen LogP contribution in [0.4, 0.5) is 0 Å². The molecule has 3 heteroatoms. The molecule has 1 aromatic rings. The average Bonchev–Trinajstić information content (AvgIpc) is 2.86. The van der Waals surface area contributed by atoms with Crippen molar-refractivity contribution in [2.24, 2.45) is 5.92 Å². The van der Waals surface area contributed by atoms with Crippen LogP contribution in [-0.4, -0.2) is 18.2 Å². The molecule has 2 unspecified atom stereocenters. The van der Waals surface area contributed by atoms with Gasteiger partial charge in [0.15, 0.2) is 0 Å². The molecule has 2 aliphatic carbocycles. The number of Topliss-reactive ketones (excluding diaryl/α,β-unsaturated/α-hetero) is 2. The predicted molar refractivity (Wildman–Crippen MR) is 79.2 cm³/mol. The molecule has 1 heterocycles. The first kappa shape index (κ1) is 12.8. The summed E-state index contributed by atoms with van der Waals surface area (Å²) in [6.07, 6.45) is 3.12. The first-order chi connectivity index (χ1) is 10.1. The summed E-state index contributed by atoms with van der Waals surface area (Å²) in [6.45, 7) is 4.63. The van der Waals surface area contributed by atoms with E-state index in [0.29, 0.717) is 29.4 Å². The van der Waals surface area contributed by atoms with Gasteiger partial charge in [0.2, 0.25) is 11.6 Å². The van der Waals surface area contributed by atoms with Crippen molar-refractivity contribution in [3.8, 4) is 0 Å². The van der Waals surface area contributed by atoms with Crippen LogP contribution in [0.5, 0.6) is 0 Å². The maximum Gasteiger partial charge on any atom is 0.234 e. The lowest BCUT2D eigenvalue weighted by atomic mass is 9.75.